The van der Waals surface area contributed by atoms with Crippen LogP contribution in [0.5, 0.6) is 0 Å². The second kappa shape index (κ2) is 6.25. The summed E-state index contributed by atoms with van der Waals surface area (Å²) in [6, 6.07) is 12.2. The van der Waals surface area contributed by atoms with E-state index < -0.39 is 0 Å². The summed E-state index contributed by atoms with van der Waals surface area (Å²) in [5, 5.41) is 8.65. The van der Waals surface area contributed by atoms with Gasteiger partial charge in [0.15, 0.2) is 17.0 Å². The van der Waals surface area contributed by atoms with E-state index >= 15 is 0 Å². The fraction of sp³-hybridized carbons (Fsp3) is 0.263. The highest BCUT2D eigenvalue weighted by Crippen LogP contribution is 2.29. The number of furan rings is 1. The Morgan fingerprint density at radius 2 is 1.92 bits per heavy atom. The fourth-order valence-corrected chi connectivity index (χ4v) is 3.49. The standard InChI is InChI=1S/C19H18N6O/c1-2-4-14(5-3-1)11-25-19-17(22-23-25)18(20-13-21-19)24-9-16(10-24)8-15-6-7-26-12-15/h1-7,12-13,16H,8-11H2. The van der Waals surface area contributed by atoms with Gasteiger partial charge in [0.1, 0.15) is 6.33 Å². The van der Waals surface area contributed by atoms with Crippen molar-refractivity contribution in [2.24, 2.45) is 5.92 Å². The lowest BCUT2D eigenvalue weighted by Gasteiger charge is -2.40. The molecule has 0 atom stereocenters. The molecule has 1 aliphatic heterocycles. The molecule has 1 saturated heterocycles. The molecule has 1 fully saturated rings. The molecule has 7 heteroatoms. The molecule has 0 N–H and O–H groups in total. The summed E-state index contributed by atoms with van der Waals surface area (Å²) in [4.78, 5) is 11.1. The molecule has 0 amide bonds. The summed E-state index contributed by atoms with van der Waals surface area (Å²) >= 11 is 0. The molecule has 3 aromatic heterocycles. The van der Waals surface area contributed by atoms with Crippen molar-refractivity contribution in [3.8, 4) is 0 Å². The average molecular weight is 346 g/mol. The van der Waals surface area contributed by atoms with Gasteiger partial charge in [0.05, 0.1) is 19.1 Å². The van der Waals surface area contributed by atoms with E-state index in [-0.39, 0.29) is 0 Å². The first-order valence-electron chi connectivity index (χ1n) is 8.71. The highest BCUT2D eigenvalue weighted by molar-refractivity contribution is 5.83. The van der Waals surface area contributed by atoms with Crippen LogP contribution in [0.1, 0.15) is 11.1 Å². The molecule has 7 nitrogen and oxygen atoms in total. The zero-order valence-electron chi connectivity index (χ0n) is 14.2. The Morgan fingerprint density at radius 1 is 1.04 bits per heavy atom. The van der Waals surface area contributed by atoms with E-state index in [0.717, 1.165) is 36.5 Å². The minimum absolute atomic E-state index is 0.608. The van der Waals surface area contributed by atoms with Crippen molar-refractivity contribution in [1.29, 1.82) is 0 Å². The Bertz CT molecular complexity index is 1010. The molecule has 0 aliphatic carbocycles. The lowest BCUT2D eigenvalue weighted by Crippen LogP contribution is -2.48. The van der Waals surface area contributed by atoms with Crippen molar-refractivity contribution in [2.75, 3.05) is 18.0 Å². The van der Waals surface area contributed by atoms with Gasteiger partial charge in [-0.1, -0.05) is 35.5 Å². The van der Waals surface area contributed by atoms with E-state index in [9.17, 15) is 0 Å². The highest BCUT2D eigenvalue weighted by atomic mass is 16.3. The molecular formula is C19H18N6O. The second-order valence-corrected chi connectivity index (χ2v) is 6.71. The molecule has 1 aliphatic rings. The molecule has 0 radical (unpaired) electrons. The summed E-state index contributed by atoms with van der Waals surface area (Å²) in [5.74, 6) is 1.48. The van der Waals surface area contributed by atoms with Crippen molar-refractivity contribution in [1.82, 2.24) is 25.0 Å². The Kier molecular flexibility index (Phi) is 3.62. The van der Waals surface area contributed by atoms with Crippen molar-refractivity contribution < 1.29 is 4.42 Å². The summed E-state index contributed by atoms with van der Waals surface area (Å²) < 4.78 is 6.98. The van der Waals surface area contributed by atoms with Crippen LogP contribution in [0.3, 0.4) is 0 Å². The fourth-order valence-electron chi connectivity index (χ4n) is 3.49. The molecule has 4 heterocycles. The van der Waals surface area contributed by atoms with Gasteiger partial charge in [-0.3, -0.25) is 0 Å². The van der Waals surface area contributed by atoms with Crippen LogP contribution in [-0.2, 0) is 13.0 Å². The van der Waals surface area contributed by atoms with E-state index in [2.05, 4.69) is 37.3 Å². The number of hydrogen-bond acceptors (Lipinski definition) is 6. The van der Waals surface area contributed by atoms with Crippen molar-refractivity contribution >= 4 is 17.0 Å². The van der Waals surface area contributed by atoms with Crippen LogP contribution >= 0.6 is 0 Å². The quantitative estimate of drug-likeness (QED) is 0.553. The Morgan fingerprint density at radius 3 is 2.73 bits per heavy atom. The van der Waals surface area contributed by atoms with E-state index in [1.807, 2.05) is 35.2 Å². The molecule has 0 bridgehead atoms. The highest BCUT2D eigenvalue weighted by Gasteiger charge is 2.30. The zero-order valence-corrected chi connectivity index (χ0v) is 14.2. The lowest BCUT2D eigenvalue weighted by atomic mass is 9.93. The monoisotopic (exact) mass is 346 g/mol. The van der Waals surface area contributed by atoms with Crippen LogP contribution in [0.2, 0.25) is 0 Å². The molecule has 130 valence electrons. The summed E-state index contributed by atoms with van der Waals surface area (Å²) in [5.41, 5.74) is 3.96. The molecule has 4 aromatic rings. The topological polar surface area (TPSA) is 72.9 Å². The minimum atomic E-state index is 0.608. The Labute approximate surface area is 150 Å². The molecule has 0 unspecified atom stereocenters. The van der Waals surface area contributed by atoms with Crippen LogP contribution in [0.4, 0.5) is 5.82 Å². The van der Waals surface area contributed by atoms with Gasteiger partial charge in [-0.15, -0.1) is 5.10 Å². The maximum absolute atomic E-state index is 5.15. The first kappa shape index (κ1) is 15.1. The normalized spacial score (nSPS) is 14.7. The number of anilines is 1. The molecule has 26 heavy (non-hydrogen) atoms. The molecule has 0 saturated carbocycles. The number of benzene rings is 1. The first-order chi connectivity index (χ1) is 12.9. The third-order valence-electron chi connectivity index (χ3n) is 4.82. The van der Waals surface area contributed by atoms with Gasteiger partial charge in [0.25, 0.3) is 0 Å². The largest absolute Gasteiger partial charge is 0.472 e. The van der Waals surface area contributed by atoms with Crippen LogP contribution < -0.4 is 4.90 Å². The first-order valence-corrected chi connectivity index (χ1v) is 8.71. The predicted molar refractivity (Wildman–Crippen MR) is 96.8 cm³/mol. The van der Waals surface area contributed by atoms with Crippen LogP contribution in [0, 0.1) is 5.92 Å². The Hall–Kier alpha value is -3.22. The third-order valence-corrected chi connectivity index (χ3v) is 4.82. The van der Waals surface area contributed by atoms with E-state index in [1.54, 1.807) is 12.6 Å². The smallest absolute Gasteiger partial charge is 0.184 e. The van der Waals surface area contributed by atoms with Gasteiger partial charge >= 0.3 is 0 Å². The number of rotatable bonds is 5. The molecule has 0 spiro atoms. The van der Waals surface area contributed by atoms with Crippen molar-refractivity contribution in [2.45, 2.75) is 13.0 Å². The molecular weight excluding hydrogens is 328 g/mol. The van der Waals surface area contributed by atoms with Crippen LogP contribution in [-0.4, -0.2) is 38.1 Å². The predicted octanol–water partition coefficient (Wildman–Crippen LogP) is 2.54. The van der Waals surface area contributed by atoms with E-state index in [0.29, 0.717) is 12.5 Å². The van der Waals surface area contributed by atoms with Crippen LogP contribution in [0.15, 0.2) is 59.7 Å². The average Bonchev–Trinajstić information content (AvgIpc) is 3.29. The lowest BCUT2D eigenvalue weighted by molar-refractivity contribution is 0.404. The number of hydrogen-bond donors (Lipinski definition) is 0. The van der Waals surface area contributed by atoms with Gasteiger partial charge in [0.2, 0.25) is 0 Å². The van der Waals surface area contributed by atoms with Gasteiger partial charge < -0.3 is 9.32 Å². The zero-order chi connectivity index (χ0) is 17.3. The maximum Gasteiger partial charge on any atom is 0.184 e. The SMILES string of the molecule is c1ccc(Cn2nnc3c(N4CC(Cc5ccoc5)C4)ncnc32)cc1. The molecule has 5 rings (SSSR count). The number of aromatic nitrogens is 5. The summed E-state index contributed by atoms with van der Waals surface area (Å²) in [6.07, 6.45) is 6.18. The van der Waals surface area contributed by atoms with Gasteiger partial charge in [-0.2, -0.15) is 0 Å². The van der Waals surface area contributed by atoms with Gasteiger partial charge in [0, 0.05) is 13.1 Å². The second-order valence-electron chi connectivity index (χ2n) is 6.71. The van der Waals surface area contributed by atoms with Gasteiger partial charge in [-0.05, 0) is 29.5 Å². The van der Waals surface area contributed by atoms with Gasteiger partial charge in [-0.25, -0.2) is 14.6 Å². The molecule has 1 aromatic carbocycles. The number of fused-ring (bicyclic) bond motifs is 1. The minimum Gasteiger partial charge on any atom is -0.472 e. The van der Waals surface area contributed by atoms with Crippen LogP contribution in [0.25, 0.3) is 11.2 Å². The summed E-state index contributed by atoms with van der Waals surface area (Å²) in [6.45, 7) is 2.57. The van der Waals surface area contributed by atoms with Crippen molar-refractivity contribution in [3.63, 3.8) is 0 Å². The third kappa shape index (κ3) is 2.71. The maximum atomic E-state index is 5.15. The number of nitrogens with zero attached hydrogens (tertiary/aromatic N) is 6. The Balaban J connectivity index is 1.35. The van der Waals surface area contributed by atoms with E-state index in [1.165, 1.54) is 11.1 Å². The summed E-state index contributed by atoms with van der Waals surface area (Å²) in [7, 11) is 0. The van der Waals surface area contributed by atoms with Crippen molar-refractivity contribution in [3.05, 3.63) is 66.4 Å². The van der Waals surface area contributed by atoms with E-state index in [4.69, 9.17) is 4.42 Å².